The number of urea groups is 1. The Kier molecular flexibility index (Phi) is 7.50. The highest BCUT2D eigenvalue weighted by molar-refractivity contribution is 6.59. The summed E-state index contributed by atoms with van der Waals surface area (Å²) in [6.07, 6.45) is -0.703. The van der Waals surface area contributed by atoms with Gasteiger partial charge in [-0.3, -0.25) is 14.6 Å². The minimum absolute atomic E-state index is 0.0145. The van der Waals surface area contributed by atoms with Crippen molar-refractivity contribution in [2.45, 2.75) is 24.9 Å². The lowest BCUT2D eigenvalue weighted by atomic mass is 9.91. The fourth-order valence-corrected chi connectivity index (χ4v) is 5.53. The topological polar surface area (TPSA) is 96.0 Å². The Balaban J connectivity index is 1.31. The van der Waals surface area contributed by atoms with Crippen LogP contribution in [0.3, 0.4) is 0 Å². The lowest BCUT2D eigenvalue weighted by molar-refractivity contribution is -0.132. The smallest absolute Gasteiger partial charge is 0.410 e. The molecule has 3 aromatic rings. The second-order valence-corrected chi connectivity index (χ2v) is 9.77. The van der Waals surface area contributed by atoms with Crippen LogP contribution < -0.4 is 5.32 Å². The third-order valence-electron chi connectivity index (χ3n) is 7.46. The zero-order valence-corrected chi connectivity index (χ0v) is 21.6. The van der Waals surface area contributed by atoms with Crippen LogP contribution in [0, 0.1) is 5.92 Å². The molecule has 196 valence electrons. The second-order valence-electron chi connectivity index (χ2n) is 9.77. The molecule has 1 heterocycles. The summed E-state index contributed by atoms with van der Waals surface area (Å²) >= 11 is 0. The minimum atomic E-state index is -1.02. The van der Waals surface area contributed by atoms with Crippen molar-refractivity contribution in [2.24, 2.45) is 5.92 Å². The average molecular weight is 521 g/mol. The van der Waals surface area contributed by atoms with Crippen LogP contribution in [-0.2, 0) is 20.9 Å². The Morgan fingerprint density at radius 2 is 1.51 bits per heavy atom. The Morgan fingerprint density at radius 3 is 2.10 bits per heavy atom. The van der Waals surface area contributed by atoms with Crippen molar-refractivity contribution in [3.63, 3.8) is 0 Å². The van der Waals surface area contributed by atoms with Gasteiger partial charge in [-0.2, -0.15) is 0 Å². The normalized spacial score (nSPS) is 17.7. The molecule has 0 saturated carbocycles. The van der Waals surface area contributed by atoms with Gasteiger partial charge in [0.2, 0.25) is 5.91 Å². The molecule has 1 aliphatic heterocycles. The number of rotatable bonds is 6. The first kappa shape index (κ1) is 26.2. The van der Waals surface area contributed by atoms with Crippen LogP contribution in [0.15, 0.2) is 78.9 Å². The van der Waals surface area contributed by atoms with Crippen LogP contribution in [0.4, 0.5) is 9.59 Å². The van der Waals surface area contributed by atoms with Crippen LogP contribution in [-0.4, -0.2) is 67.6 Å². The zero-order valence-electron chi connectivity index (χ0n) is 21.6. The molecular formula is C30H28BN3O5. The van der Waals surface area contributed by atoms with E-state index in [-0.39, 0.29) is 32.0 Å². The molecule has 2 unspecified atom stereocenters. The number of hydrogen-bond acceptors (Lipinski definition) is 5. The first-order valence-electron chi connectivity index (χ1n) is 12.9. The monoisotopic (exact) mass is 521 g/mol. The Morgan fingerprint density at radius 1 is 0.923 bits per heavy atom. The Hall–Kier alpha value is -4.40. The molecule has 39 heavy (non-hydrogen) atoms. The lowest BCUT2D eigenvalue weighted by Gasteiger charge is -2.24. The quantitative estimate of drug-likeness (QED) is 0.500. The maximum atomic E-state index is 13.5. The van der Waals surface area contributed by atoms with Gasteiger partial charge in [0, 0.05) is 19.5 Å². The number of ether oxygens (including phenoxy) is 1. The summed E-state index contributed by atoms with van der Waals surface area (Å²) in [6.45, 7) is 0.0548. The number of imide groups is 1. The maximum Gasteiger partial charge on any atom is 0.410 e. The van der Waals surface area contributed by atoms with Crippen LogP contribution in [0.25, 0.3) is 11.1 Å². The number of carbonyl (C=O) groups excluding carboxylic acids is 4. The van der Waals surface area contributed by atoms with Crippen molar-refractivity contribution >= 4 is 31.6 Å². The first-order valence-corrected chi connectivity index (χ1v) is 12.9. The van der Waals surface area contributed by atoms with Gasteiger partial charge in [-0.1, -0.05) is 78.9 Å². The van der Waals surface area contributed by atoms with Crippen LogP contribution in [0.1, 0.15) is 29.0 Å². The molecule has 0 aromatic heterocycles. The summed E-state index contributed by atoms with van der Waals surface area (Å²) in [5.74, 6) is -1.43. The van der Waals surface area contributed by atoms with E-state index in [1.165, 1.54) is 11.9 Å². The van der Waals surface area contributed by atoms with Crippen LogP contribution >= 0.6 is 0 Å². The van der Waals surface area contributed by atoms with E-state index in [4.69, 9.17) is 12.6 Å². The standard InChI is InChI=1S/C30H28BN3O5/c1-32-29(37)34(16-19-9-3-2-4-10-19)28(36)20-15-26(27(31)35)33(17-20)30(38)39-18-25-23-13-7-5-11-21(23)22-12-6-8-14-24(22)25/h2-14,20,25-26H,15-18H2,1H3,(H,32,37). The summed E-state index contributed by atoms with van der Waals surface area (Å²) < 4.78 is 5.73. The minimum Gasteiger partial charge on any atom is -0.448 e. The van der Waals surface area contributed by atoms with Gasteiger partial charge in [0.1, 0.15) is 6.61 Å². The predicted octanol–water partition coefficient (Wildman–Crippen LogP) is 3.69. The highest BCUT2D eigenvalue weighted by Crippen LogP contribution is 2.44. The molecule has 1 aliphatic carbocycles. The third kappa shape index (κ3) is 5.17. The molecule has 2 atom stereocenters. The third-order valence-corrected chi connectivity index (χ3v) is 7.46. The Bertz CT molecular complexity index is 1370. The van der Waals surface area contributed by atoms with E-state index in [0.717, 1.165) is 32.7 Å². The number of amides is 4. The molecule has 1 N–H and O–H groups in total. The predicted molar refractivity (Wildman–Crippen MR) is 146 cm³/mol. The number of benzene rings is 3. The van der Waals surface area contributed by atoms with Gasteiger partial charge >= 0.3 is 12.1 Å². The summed E-state index contributed by atoms with van der Waals surface area (Å²) in [4.78, 5) is 53.9. The molecular weight excluding hydrogens is 493 g/mol. The summed E-state index contributed by atoms with van der Waals surface area (Å²) in [6, 6.07) is 23.5. The highest BCUT2D eigenvalue weighted by Gasteiger charge is 2.44. The van der Waals surface area contributed by atoms with Gasteiger partial charge in [-0.15, -0.1) is 0 Å². The molecule has 3 aromatic carbocycles. The number of nitrogens with zero attached hydrogens (tertiary/aromatic N) is 2. The number of nitrogens with one attached hydrogen (secondary N) is 1. The van der Waals surface area contributed by atoms with Gasteiger partial charge in [-0.05, 0) is 34.2 Å². The van der Waals surface area contributed by atoms with E-state index in [9.17, 15) is 19.2 Å². The molecule has 2 radical (unpaired) electrons. The lowest BCUT2D eigenvalue weighted by Crippen LogP contribution is -2.45. The van der Waals surface area contributed by atoms with Crippen molar-refractivity contribution in [1.29, 1.82) is 0 Å². The maximum absolute atomic E-state index is 13.5. The molecule has 9 heteroatoms. The van der Waals surface area contributed by atoms with E-state index in [2.05, 4.69) is 5.32 Å². The van der Waals surface area contributed by atoms with E-state index >= 15 is 0 Å². The van der Waals surface area contributed by atoms with E-state index in [1.807, 2.05) is 78.9 Å². The summed E-state index contributed by atoms with van der Waals surface area (Å²) in [5.41, 5.74) is 4.37. The molecule has 1 fully saturated rings. The van der Waals surface area contributed by atoms with Gasteiger partial charge in [0.15, 0.2) is 7.85 Å². The van der Waals surface area contributed by atoms with Crippen molar-refractivity contribution < 1.29 is 23.9 Å². The van der Waals surface area contributed by atoms with E-state index < -0.39 is 35.7 Å². The Labute approximate surface area is 228 Å². The first-order chi connectivity index (χ1) is 18.9. The van der Waals surface area contributed by atoms with Crippen molar-refractivity contribution in [2.75, 3.05) is 20.2 Å². The van der Waals surface area contributed by atoms with Gasteiger partial charge < -0.3 is 14.8 Å². The number of hydrogen-bond donors (Lipinski definition) is 1. The summed E-state index contributed by atoms with van der Waals surface area (Å²) in [7, 11) is 7.07. The van der Waals surface area contributed by atoms with Gasteiger partial charge in [-0.25, -0.2) is 9.59 Å². The van der Waals surface area contributed by atoms with Gasteiger partial charge in [0.25, 0.3) is 0 Å². The largest absolute Gasteiger partial charge is 0.448 e. The second kappa shape index (κ2) is 11.1. The van der Waals surface area contributed by atoms with Crippen LogP contribution in [0.5, 0.6) is 0 Å². The molecule has 2 aliphatic rings. The van der Waals surface area contributed by atoms with Crippen molar-refractivity contribution in [3.05, 3.63) is 95.6 Å². The van der Waals surface area contributed by atoms with E-state index in [1.54, 1.807) is 0 Å². The number of likely N-dealkylation sites (tertiary alicyclic amines) is 1. The SMILES string of the molecule is [B]C(=O)C1CC(C(=O)N(Cc2ccccc2)C(=O)NC)CN1C(=O)OCC1c2ccccc2-c2ccccc21. The van der Waals surface area contributed by atoms with Gasteiger partial charge in [0.05, 0.1) is 24.2 Å². The van der Waals surface area contributed by atoms with Crippen molar-refractivity contribution in [3.8, 4) is 11.1 Å². The summed E-state index contributed by atoms with van der Waals surface area (Å²) in [5, 5.41) is 2.49. The molecule has 4 amide bonds. The van der Waals surface area contributed by atoms with E-state index in [0.29, 0.717) is 0 Å². The zero-order chi connectivity index (χ0) is 27.5. The molecule has 0 spiro atoms. The average Bonchev–Trinajstić information content (AvgIpc) is 3.55. The highest BCUT2D eigenvalue weighted by atomic mass is 16.6. The fourth-order valence-electron chi connectivity index (χ4n) is 5.53. The number of carbonyl (C=O) groups is 4. The van der Waals surface area contributed by atoms with Crippen LogP contribution in [0.2, 0.25) is 0 Å². The molecule has 0 bridgehead atoms. The molecule has 5 rings (SSSR count). The molecule has 1 saturated heterocycles. The van der Waals surface area contributed by atoms with Crippen molar-refractivity contribution in [1.82, 2.24) is 15.1 Å². The molecule has 8 nitrogen and oxygen atoms in total. The fraction of sp³-hybridized carbons (Fsp3) is 0.267. The number of fused-ring (bicyclic) bond motifs is 3.